The average molecular weight is 322 g/mol. The fourth-order valence-corrected chi connectivity index (χ4v) is 3.08. The smallest absolute Gasteiger partial charge is 0.236 e. The van der Waals surface area contributed by atoms with E-state index >= 15 is 0 Å². The second-order valence-electron chi connectivity index (χ2n) is 5.25. The number of terminal acetylenes is 1. The number of hydrogen-bond donors (Lipinski definition) is 1. The Labute approximate surface area is 140 Å². The maximum Gasteiger partial charge on any atom is 0.236 e. The molecule has 0 aliphatic heterocycles. The van der Waals surface area contributed by atoms with Gasteiger partial charge in [-0.05, 0) is 23.9 Å². The molecule has 0 bridgehead atoms. The number of hydrogen-bond acceptors (Lipinski definition) is 4. The number of nitrogens with zero attached hydrogens (tertiary/aromatic N) is 1. The first-order chi connectivity index (χ1) is 11.3. The first-order valence-corrected chi connectivity index (χ1v) is 8.38. The number of rotatable bonds is 6. The molecule has 0 radical (unpaired) electrons. The van der Waals surface area contributed by atoms with E-state index in [1.807, 2.05) is 42.6 Å². The zero-order chi connectivity index (χ0) is 16.1. The molecular weight excluding hydrogens is 304 g/mol. The van der Waals surface area contributed by atoms with Crippen molar-refractivity contribution >= 4 is 11.3 Å². The van der Waals surface area contributed by atoms with Crippen molar-refractivity contribution in [3.8, 4) is 23.1 Å². The number of nitrogens with one attached hydrogen (secondary N) is 1. The molecule has 0 aliphatic carbocycles. The van der Waals surface area contributed by atoms with E-state index in [0.717, 1.165) is 16.3 Å². The van der Waals surface area contributed by atoms with Gasteiger partial charge in [-0.15, -0.1) is 23.7 Å². The molecule has 3 aromatic rings. The molecule has 4 heteroatoms. The fourth-order valence-electron chi connectivity index (χ4n) is 2.43. The summed E-state index contributed by atoms with van der Waals surface area (Å²) in [5, 5.41) is 5.51. The molecule has 23 heavy (non-hydrogen) atoms. The molecule has 1 atom stereocenters. The van der Waals surface area contributed by atoms with Crippen molar-refractivity contribution in [1.82, 2.24) is 10.3 Å². The van der Waals surface area contributed by atoms with Crippen LogP contribution in [0.25, 0.3) is 10.8 Å². The summed E-state index contributed by atoms with van der Waals surface area (Å²) in [6, 6.07) is 14.3. The fraction of sp³-hybridized carbons (Fsp3) is 0.211. The highest BCUT2D eigenvalue weighted by molar-refractivity contribution is 7.13. The Morgan fingerprint density at radius 3 is 2.78 bits per heavy atom. The van der Waals surface area contributed by atoms with Crippen LogP contribution < -0.4 is 5.32 Å². The standard InChI is InChI=1S/C19H18N2OS/c1-3-8-16(15-9-5-4-6-10-15)20-13-17-14(2)22-19(21-17)18-11-7-12-23-18/h1,4-7,9-12,16,20H,8,13H2,2H3. The van der Waals surface area contributed by atoms with Crippen LogP contribution in [0.5, 0.6) is 0 Å². The molecule has 0 amide bonds. The van der Waals surface area contributed by atoms with Crippen LogP contribution in [-0.2, 0) is 6.54 Å². The van der Waals surface area contributed by atoms with Crippen molar-refractivity contribution in [3.05, 3.63) is 64.9 Å². The highest BCUT2D eigenvalue weighted by atomic mass is 32.1. The van der Waals surface area contributed by atoms with Crippen molar-refractivity contribution in [3.63, 3.8) is 0 Å². The Hall–Kier alpha value is -2.35. The van der Waals surface area contributed by atoms with Crippen LogP contribution in [0, 0.1) is 19.3 Å². The highest BCUT2D eigenvalue weighted by Crippen LogP contribution is 2.26. The van der Waals surface area contributed by atoms with Crippen molar-refractivity contribution < 1.29 is 4.42 Å². The third-order valence-electron chi connectivity index (χ3n) is 3.66. The van der Waals surface area contributed by atoms with E-state index in [-0.39, 0.29) is 6.04 Å². The summed E-state index contributed by atoms with van der Waals surface area (Å²) in [5.41, 5.74) is 2.11. The van der Waals surface area contributed by atoms with Crippen LogP contribution in [0.4, 0.5) is 0 Å². The molecule has 0 fully saturated rings. The summed E-state index contributed by atoms with van der Waals surface area (Å²) in [5.74, 6) is 4.26. The van der Waals surface area contributed by atoms with Gasteiger partial charge in [-0.25, -0.2) is 4.98 Å². The van der Waals surface area contributed by atoms with E-state index < -0.39 is 0 Å². The second-order valence-corrected chi connectivity index (χ2v) is 6.20. The molecule has 1 unspecified atom stereocenters. The number of thiophene rings is 1. The van der Waals surface area contributed by atoms with Crippen LogP contribution in [0.3, 0.4) is 0 Å². The Kier molecular flexibility index (Phi) is 4.92. The van der Waals surface area contributed by atoms with Gasteiger partial charge in [-0.3, -0.25) is 0 Å². The highest BCUT2D eigenvalue weighted by Gasteiger charge is 2.15. The third kappa shape index (κ3) is 3.70. The van der Waals surface area contributed by atoms with Gasteiger partial charge in [0.1, 0.15) is 5.76 Å². The lowest BCUT2D eigenvalue weighted by atomic mass is 10.0. The van der Waals surface area contributed by atoms with Gasteiger partial charge < -0.3 is 9.73 Å². The lowest BCUT2D eigenvalue weighted by molar-refractivity contribution is 0.519. The van der Waals surface area contributed by atoms with Crippen LogP contribution >= 0.6 is 11.3 Å². The first kappa shape index (κ1) is 15.5. The molecule has 3 nitrogen and oxygen atoms in total. The van der Waals surface area contributed by atoms with E-state index in [9.17, 15) is 0 Å². The lowest BCUT2D eigenvalue weighted by Gasteiger charge is -2.16. The zero-order valence-electron chi connectivity index (χ0n) is 13.0. The van der Waals surface area contributed by atoms with Crippen LogP contribution in [0.2, 0.25) is 0 Å². The first-order valence-electron chi connectivity index (χ1n) is 7.50. The predicted molar refractivity (Wildman–Crippen MR) is 94.0 cm³/mol. The normalized spacial score (nSPS) is 12.0. The third-order valence-corrected chi connectivity index (χ3v) is 4.52. The number of aryl methyl sites for hydroxylation is 1. The minimum atomic E-state index is 0.113. The van der Waals surface area contributed by atoms with E-state index in [4.69, 9.17) is 10.8 Å². The van der Waals surface area contributed by atoms with Gasteiger partial charge >= 0.3 is 0 Å². The molecule has 1 aromatic carbocycles. The number of oxazole rings is 1. The Balaban J connectivity index is 1.73. The molecule has 116 valence electrons. The summed E-state index contributed by atoms with van der Waals surface area (Å²) < 4.78 is 5.78. The van der Waals surface area contributed by atoms with Crippen LogP contribution in [0.1, 0.15) is 29.5 Å². The van der Waals surface area contributed by atoms with Crippen molar-refractivity contribution in [2.45, 2.75) is 25.9 Å². The summed E-state index contributed by atoms with van der Waals surface area (Å²) in [6.45, 7) is 2.57. The van der Waals surface area contributed by atoms with E-state index in [2.05, 4.69) is 28.4 Å². The summed E-state index contributed by atoms with van der Waals surface area (Å²) in [6.07, 6.45) is 6.15. The maximum absolute atomic E-state index is 5.78. The molecule has 2 heterocycles. The summed E-state index contributed by atoms with van der Waals surface area (Å²) >= 11 is 1.62. The molecular formula is C19H18N2OS. The van der Waals surface area contributed by atoms with Gasteiger partial charge in [-0.2, -0.15) is 0 Å². The van der Waals surface area contributed by atoms with Crippen molar-refractivity contribution in [1.29, 1.82) is 0 Å². The van der Waals surface area contributed by atoms with Crippen LogP contribution in [0.15, 0.2) is 52.3 Å². The molecule has 2 aromatic heterocycles. The van der Waals surface area contributed by atoms with E-state index in [1.165, 1.54) is 5.56 Å². The minimum absolute atomic E-state index is 0.113. The molecule has 1 N–H and O–H groups in total. The van der Waals surface area contributed by atoms with Gasteiger partial charge in [0.05, 0.1) is 10.6 Å². The monoisotopic (exact) mass is 322 g/mol. The van der Waals surface area contributed by atoms with Crippen LogP contribution in [-0.4, -0.2) is 4.98 Å². The lowest BCUT2D eigenvalue weighted by Crippen LogP contribution is -2.21. The number of benzene rings is 1. The molecule has 0 saturated carbocycles. The van der Waals surface area contributed by atoms with Gasteiger partial charge in [0, 0.05) is 19.0 Å². The van der Waals surface area contributed by atoms with Gasteiger partial charge in [-0.1, -0.05) is 36.4 Å². The SMILES string of the molecule is C#CCC(NCc1nc(-c2cccs2)oc1C)c1ccccc1. The molecule has 3 rings (SSSR count). The quantitative estimate of drug-likeness (QED) is 0.676. The van der Waals surface area contributed by atoms with Gasteiger partial charge in [0.15, 0.2) is 0 Å². The second kappa shape index (κ2) is 7.28. The maximum atomic E-state index is 5.78. The average Bonchev–Trinajstić information content (AvgIpc) is 3.22. The van der Waals surface area contributed by atoms with Gasteiger partial charge in [0.25, 0.3) is 0 Å². The minimum Gasteiger partial charge on any atom is -0.440 e. The summed E-state index contributed by atoms with van der Waals surface area (Å²) in [4.78, 5) is 5.65. The van der Waals surface area contributed by atoms with Gasteiger partial charge in [0.2, 0.25) is 5.89 Å². The van der Waals surface area contributed by atoms with E-state index in [0.29, 0.717) is 18.9 Å². The Morgan fingerprint density at radius 1 is 1.26 bits per heavy atom. The largest absolute Gasteiger partial charge is 0.440 e. The van der Waals surface area contributed by atoms with E-state index in [1.54, 1.807) is 11.3 Å². The topological polar surface area (TPSA) is 38.1 Å². The summed E-state index contributed by atoms with van der Waals surface area (Å²) in [7, 11) is 0. The number of aromatic nitrogens is 1. The Morgan fingerprint density at radius 2 is 2.09 bits per heavy atom. The molecule has 0 aliphatic rings. The molecule has 0 saturated heterocycles. The zero-order valence-corrected chi connectivity index (χ0v) is 13.8. The van der Waals surface area contributed by atoms with Crippen molar-refractivity contribution in [2.24, 2.45) is 0 Å². The Bertz CT molecular complexity index is 785. The van der Waals surface area contributed by atoms with Crippen molar-refractivity contribution in [2.75, 3.05) is 0 Å². The predicted octanol–water partition coefficient (Wildman–Crippen LogP) is 4.57. The molecule has 0 spiro atoms.